The SMILES string of the molecule is CC[C@]12C=CCN3CC[C@@]4(C5=CC([C@@]6(C(=O)OC)C[C@H]7CC(C(C)(F)F)CN(CCc8c6[nH]c6ccc(-c9ccncc9)cc86)C7)C(OC)C=C5N(C)[C@H]4[C@@](O)(C(=O)O)[C@@H]1OC(C)=O)[C@@H]32. The van der Waals surface area contributed by atoms with Gasteiger partial charge in [0.25, 0.3) is 0 Å². The Morgan fingerprint density at radius 2 is 1.82 bits per heavy atom. The molecule has 4 fully saturated rings. The number of carboxylic acids is 1. The first-order valence-corrected chi connectivity index (χ1v) is 23.0. The van der Waals surface area contributed by atoms with Crippen LogP contribution in [0.3, 0.4) is 0 Å². The van der Waals surface area contributed by atoms with Crippen LogP contribution in [-0.2, 0) is 40.4 Å². The van der Waals surface area contributed by atoms with Crippen LogP contribution in [0.5, 0.6) is 0 Å². The van der Waals surface area contributed by atoms with Crippen molar-refractivity contribution in [3.05, 3.63) is 89.6 Å². The molecular formula is C50H59F2N5O8. The van der Waals surface area contributed by atoms with Gasteiger partial charge in [0.05, 0.1) is 19.3 Å². The number of allylic oxidation sites excluding steroid dienone is 1. The number of nitrogens with one attached hydrogen (secondary N) is 1. The minimum Gasteiger partial charge on any atom is -0.479 e. The molecule has 65 heavy (non-hydrogen) atoms. The zero-order valence-corrected chi connectivity index (χ0v) is 37.9. The van der Waals surface area contributed by atoms with Crippen LogP contribution in [0.4, 0.5) is 8.78 Å². The van der Waals surface area contributed by atoms with Gasteiger partial charge in [-0.05, 0) is 104 Å². The fourth-order valence-corrected chi connectivity index (χ4v) is 14.5. The Hall–Kier alpha value is -4.96. The zero-order valence-electron chi connectivity index (χ0n) is 37.9. The Bertz CT molecular complexity index is 2540. The van der Waals surface area contributed by atoms with E-state index in [1.165, 1.54) is 14.0 Å². The molecule has 1 spiro atoms. The normalized spacial score (nSPS) is 37.4. The minimum atomic E-state index is -2.96. The highest BCUT2D eigenvalue weighted by Gasteiger charge is 2.81. The van der Waals surface area contributed by atoms with Crippen LogP contribution in [0.2, 0.25) is 0 Å². The lowest BCUT2D eigenvalue weighted by Gasteiger charge is -2.63. The molecule has 4 unspecified atom stereocenters. The maximum atomic E-state index is 15.5. The van der Waals surface area contributed by atoms with Crippen molar-refractivity contribution in [1.29, 1.82) is 0 Å². The molecule has 5 aliphatic heterocycles. The summed E-state index contributed by atoms with van der Waals surface area (Å²) in [6.45, 7) is 6.56. The number of carbonyl (C=O) groups is 3. The van der Waals surface area contributed by atoms with Crippen molar-refractivity contribution in [2.75, 3.05) is 54.0 Å². The van der Waals surface area contributed by atoms with Gasteiger partial charge >= 0.3 is 17.9 Å². The first-order valence-electron chi connectivity index (χ1n) is 23.0. The van der Waals surface area contributed by atoms with Gasteiger partial charge in [0, 0.05) is 111 Å². The number of fused-ring (bicyclic) bond motifs is 6. The summed E-state index contributed by atoms with van der Waals surface area (Å²) in [6.07, 6.45) is 10.9. The van der Waals surface area contributed by atoms with Gasteiger partial charge < -0.3 is 39.2 Å². The van der Waals surface area contributed by atoms with Crippen LogP contribution in [-0.4, -0.2) is 143 Å². The number of hydrogen-bond donors (Lipinski definition) is 3. The number of carboxylic acid groups (broad SMARTS) is 1. The average molecular weight is 896 g/mol. The number of aliphatic hydroxyl groups is 1. The summed E-state index contributed by atoms with van der Waals surface area (Å²) in [4.78, 5) is 56.7. The third kappa shape index (κ3) is 6.06. The predicted molar refractivity (Wildman–Crippen MR) is 237 cm³/mol. The quantitative estimate of drug-likeness (QED) is 0.187. The zero-order chi connectivity index (χ0) is 46.0. The molecule has 0 amide bonds. The summed E-state index contributed by atoms with van der Waals surface area (Å²) >= 11 is 0. The molecule has 1 aromatic carbocycles. The second kappa shape index (κ2) is 15.3. The van der Waals surface area contributed by atoms with Gasteiger partial charge in [-0.1, -0.05) is 31.2 Å². The van der Waals surface area contributed by atoms with Crippen molar-refractivity contribution in [3.8, 4) is 11.1 Å². The van der Waals surface area contributed by atoms with Gasteiger partial charge in [-0.25, -0.2) is 13.6 Å². The first kappa shape index (κ1) is 43.9. The highest BCUT2D eigenvalue weighted by atomic mass is 19.3. The van der Waals surface area contributed by atoms with Crippen molar-refractivity contribution < 1.29 is 47.6 Å². The number of aromatic amines is 1. The number of carbonyl (C=O) groups excluding carboxylic acids is 2. The second-order valence-corrected chi connectivity index (χ2v) is 20.0. The number of aromatic nitrogens is 2. The summed E-state index contributed by atoms with van der Waals surface area (Å²) in [5.41, 5.74) is -0.528. The van der Waals surface area contributed by atoms with Crippen LogP contribution < -0.4 is 0 Å². The Morgan fingerprint density at radius 1 is 1.05 bits per heavy atom. The Kier molecular flexibility index (Phi) is 10.3. The number of piperidine rings is 1. The molecular weight excluding hydrogens is 837 g/mol. The second-order valence-electron chi connectivity index (χ2n) is 20.0. The third-order valence-electron chi connectivity index (χ3n) is 16.9. The monoisotopic (exact) mass is 895 g/mol. The largest absolute Gasteiger partial charge is 0.479 e. The molecule has 7 heterocycles. The van der Waals surface area contributed by atoms with Crippen molar-refractivity contribution >= 4 is 28.8 Å². The number of esters is 2. The average Bonchev–Trinajstić information content (AvgIpc) is 3.95. The molecule has 2 aliphatic carbocycles. The topological polar surface area (TPSA) is 158 Å². The fourth-order valence-electron chi connectivity index (χ4n) is 14.5. The van der Waals surface area contributed by atoms with E-state index in [4.69, 9.17) is 14.2 Å². The van der Waals surface area contributed by atoms with E-state index in [1.807, 2.05) is 54.3 Å². The smallest absolute Gasteiger partial charge is 0.341 e. The number of H-pyrrole nitrogens is 1. The number of alkyl halides is 2. The lowest BCUT2D eigenvalue weighted by atomic mass is 9.47. The fraction of sp³-hybridized carbons (Fsp3) is 0.560. The third-order valence-corrected chi connectivity index (χ3v) is 16.9. The lowest BCUT2D eigenvalue weighted by molar-refractivity contribution is -0.241. The molecule has 346 valence electrons. The molecule has 13 nitrogen and oxygen atoms in total. The standard InChI is InChI=1S/C50H59F2N5O8/c1-7-47-14-8-18-57-20-15-48(41(47)57)35-23-36(39(63-5)24-38(35)55(4)42(48)50(62,44(59)60)43(47)65-28(2)58)49(45(61)64-6)25-29-21-32(46(3,51)52)27-56(26-29)19-13-33-34-22-31(30-11-16-53-17-12-30)9-10-37(34)54-40(33)49/h8-12,14,16-17,22-24,29,32,36,39,41-43,54,62H,7,13,15,18-21,25-27H2,1-6H3,(H,59,60)/t29-,32?,36?,39?,41+,42-,43-,47-,48-,49+,50+/m1/s1. The number of likely N-dealkylation sites (N-methyl/N-ethyl adjacent to an activating group) is 1. The molecule has 3 N–H and O–H groups in total. The molecule has 12 atom stereocenters. The van der Waals surface area contributed by atoms with E-state index >= 15 is 13.6 Å². The minimum absolute atomic E-state index is 0.161. The molecule has 3 saturated heterocycles. The lowest BCUT2D eigenvalue weighted by Crippen LogP contribution is -2.79. The van der Waals surface area contributed by atoms with E-state index in [-0.39, 0.29) is 25.3 Å². The van der Waals surface area contributed by atoms with Crippen LogP contribution >= 0.6 is 0 Å². The summed E-state index contributed by atoms with van der Waals surface area (Å²) in [5.74, 6) is -7.76. The van der Waals surface area contributed by atoms with Gasteiger partial charge in [0.15, 0.2) is 6.10 Å². The summed E-state index contributed by atoms with van der Waals surface area (Å²) in [7, 11) is 4.72. The first-order chi connectivity index (χ1) is 31.0. The predicted octanol–water partition coefficient (Wildman–Crippen LogP) is 5.74. The molecule has 10 rings (SSSR count). The maximum absolute atomic E-state index is 15.5. The van der Waals surface area contributed by atoms with E-state index in [1.54, 1.807) is 26.6 Å². The van der Waals surface area contributed by atoms with Crippen LogP contribution in [0, 0.1) is 28.6 Å². The van der Waals surface area contributed by atoms with Gasteiger partial charge in [-0.3, -0.25) is 19.5 Å². The molecule has 7 aliphatic rings. The van der Waals surface area contributed by atoms with Crippen molar-refractivity contribution in [2.45, 2.75) is 94.1 Å². The molecule has 3 aromatic rings. The van der Waals surface area contributed by atoms with E-state index in [0.717, 1.165) is 40.1 Å². The highest BCUT2D eigenvalue weighted by molar-refractivity contribution is 5.93. The summed E-state index contributed by atoms with van der Waals surface area (Å²) in [5, 5.41) is 25.3. The van der Waals surface area contributed by atoms with Crippen molar-refractivity contribution in [1.82, 2.24) is 24.7 Å². The molecule has 2 bridgehead atoms. The molecule has 1 saturated carbocycles. The number of pyridine rings is 1. The van der Waals surface area contributed by atoms with Gasteiger partial charge in [-0.15, -0.1) is 0 Å². The number of ether oxygens (including phenoxy) is 3. The molecule has 0 radical (unpaired) electrons. The number of likely N-dealkylation sites (tertiary alicyclic amines) is 1. The highest BCUT2D eigenvalue weighted by Crippen LogP contribution is 2.70. The molecule has 2 aromatic heterocycles. The number of nitrogens with zero attached hydrogens (tertiary/aromatic N) is 4. The summed E-state index contributed by atoms with van der Waals surface area (Å²) in [6, 6.07) is 8.54. The van der Waals surface area contributed by atoms with Crippen LogP contribution in [0.15, 0.2) is 78.3 Å². The van der Waals surface area contributed by atoms with Gasteiger partial charge in [0.2, 0.25) is 11.5 Å². The summed E-state index contributed by atoms with van der Waals surface area (Å²) < 4.78 is 49.5. The van der Waals surface area contributed by atoms with E-state index in [0.29, 0.717) is 56.8 Å². The number of benzene rings is 1. The number of halogens is 2. The number of methoxy groups -OCH3 is 2. The van der Waals surface area contributed by atoms with E-state index in [9.17, 15) is 19.8 Å². The van der Waals surface area contributed by atoms with Crippen molar-refractivity contribution in [2.24, 2.45) is 28.6 Å². The van der Waals surface area contributed by atoms with Gasteiger partial charge in [-0.2, -0.15) is 0 Å². The Balaban J connectivity index is 1.24. The van der Waals surface area contributed by atoms with Crippen molar-refractivity contribution in [3.63, 3.8) is 0 Å². The number of rotatable bonds is 8. The van der Waals surface area contributed by atoms with Crippen LogP contribution in [0.25, 0.3) is 22.0 Å². The van der Waals surface area contributed by atoms with Crippen LogP contribution in [0.1, 0.15) is 57.7 Å². The Labute approximate surface area is 377 Å². The Morgan fingerprint density at radius 3 is 2.49 bits per heavy atom. The number of aliphatic carboxylic acids is 1. The van der Waals surface area contributed by atoms with Gasteiger partial charge in [0.1, 0.15) is 5.41 Å². The van der Waals surface area contributed by atoms with E-state index in [2.05, 4.69) is 31.9 Å². The molecule has 15 heteroatoms. The number of hydrogen-bond acceptors (Lipinski definition) is 11. The van der Waals surface area contributed by atoms with E-state index < -0.39 is 81.8 Å². The maximum Gasteiger partial charge on any atom is 0.341 e.